The molecule has 16 heteroatoms. The number of aromatic nitrogens is 8. The molecule has 6 rings (SSSR count). The van der Waals surface area contributed by atoms with Crippen molar-refractivity contribution in [2.75, 3.05) is 0 Å². The van der Waals surface area contributed by atoms with Crippen molar-refractivity contribution < 1.29 is 0 Å². The molecule has 0 aliphatic carbocycles. The molecule has 0 spiro atoms. The van der Waals surface area contributed by atoms with E-state index in [1.165, 1.54) is 195 Å². The minimum absolute atomic E-state index is 1.12. The first-order valence-corrected chi connectivity index (χ1v) is 30.4. The monoisotopic (exact) mass is 1160 g/mol. The molecule has 0 N–H and O–H groups in total. The standard InChI is InChI=1S/2C22H36N4P2Se2/c2*1-5-9-13-23-17-18(24(21(23)29)14-10-6-2)28-20-19(27-17)25(15-11-7-3)22(30)26(20)16-12-8-4/h2*5-16H2,1-4H3. The van der Waals surface area contributed by atoms with Gasteiger partial charge in [-0.15, -0.1) is 0 Å². The van der Waals surface area contributed by atoms with E-state index in [2.05, 4.69) is 154 Å². The Bertz CT molecular complexity index is 2060. The van der Waals surface area contributed by atoms with E-state index in [0.29, 0.717) is 0 Å². The van der Waals surface area contributed by atoms with Crippen LogP contribution in [-0.2, 0) is 52.4 Å². The van der Waals surface area contributed by atoms with Crippen LogP contribution >= 0.6 is 32.8 Å². The molecule has 0 atom stereocenters. The van der Waals surface area contributed by atoms with Gasteiger partial charge in [-0.05, 0) is 0 Å². The summed E-state index contributed by atoms with van der Waals surface area (Å²) in [6, 6.07) is 0. The SMILES string of the molecule is CCCCn1c(=[Se])n(CCCC)c2pc3c(pc21)n(CCCC)c(=[Se])n3CCCC.CCCCn1c(=[Se])n(CCCC)c2pc3c(pc21)n(CCCC)c(=[Se])n3CCCC. The van der Waals surface area contributed by atoms with Crippen molar-refractivity contribution in [1.82, 2.24) is 36.5 Å². The fourth-order valence-corrected chi connectivity index (χ4v) is 18.3. The third-order valence-electron chi connectivity index (χ3n) is 11.4. The molecule has 0 aliphatic rings. The first-order chi connectivity index (χ1) is 29.2. The fourth-order valence-electron chi connectivity index (χ4n) is 7.70. The normalized spacial score (nSPS) is 12.4. The van der Waals surface area contributed by atoms with E-state index in [9.17, 15) is 0 Å². The number of unbranched alkanes of at least 4 members (excludes halogenated alkanes) is 8. The van der Waals surface area contributed by atoms with Gasteiger partial charge in [-0.25, -0.2) is 0 Å². The van der Waals surface area contributed by atoms with Gasteiger partial charge in [-0.1, -0.05) is 0 Å². The molecule has 6 heterocycles. The molecular weight excluding hydrogens is 1080 g/mol. The summed E-state index contributed by atoms with van der Waals surface area (Å²) in [6.45, 7) is 27.3. The molecule has 60 heavy (non-hydrogen) atoms. The van der Waals surface area contributed by atoms with E-state index in [-0.39, 0.29) is 0 Å². The molecule has 0 unspecified atom stereocenters. The second-order valence-corrected chi connectivity index (χ2v) is 23.6. The summed E-state index contributed by atoms with van der Waals surface area (Å²) in [6.07, 6.45) is 19.8. The second-order valence-electron chi connectivity index (χ2n) is 16.2. The fraction of sp³-hybridized carbons (Fsp3) is 0.727. The summed E-state index contributed by atoms with van der Waals surface area (Å²) in [5.41, 5.74) is 0. The van der Waals surface area contributed by atoms with E-state index in [1.54, 1.807) is 0 Å². The van der Waals surface area contributed by atoms with Gasteiger partial charge in [0.15, 0.2) is 0 Å². The molecule has 8 nitrogen and oxygen atoms in total. The van der Waals surface area contributed by atoms with E-state index in [1.807, 2.05) is 0 Å². The number of hydrogen-bond acceptors (Lipinski definition) is 0. The summed E-state index contributed by atoms with van der Waals surface area (Å²) in [5, 5.41) is 12.1. The van der Waals surface area contributed by atoms with E-state index < -0.39 is 0 Å². The molecule has 0 aliphatic heterocycles. The zero-order chi connectivity index (χ0) is 43.3. The molecular formula is C44H72N8P4Se4. The molecule has 0 saturated heterocycles. The zero-order valence-corrected chi connectivity index (χ0v) is 48.4. The number of aryl methyl sites for hydroxylation is 8. The molecule has 0 aromatic carbocycles. The molecule has 332 valence electrons. The Morgan fingerprint density at radius 1 is 0.250 bits per heavy atom. The van der Waals surface area contributed by atoms with E-state index in [0.717, 1.165) is 52.4 Å². The van der Waals surface area contributed by atoms with E-state index in [4.69, 9.17) is 0 Å². The van der Waals surface area contributed by atoms with Crippen LogP contribution in [0.15, 0.2) is 0 Å². The number of rotatable bonds is 24. The quantitative estimate of drug-likeness (QED) is 0.0542. The van der Waals surface area contributed by atoms with Gasteiger partial charge in [0.25, 0.3) is 0 Å². The van der Waals surface area contributed by atoms with Crippen molar-refractivity contribution in [3.8, 4) is 0 Å². The number of imidazole rings is 4. The number of fused-ring (bicyclic) bond motifs is 4. The average Bonchev–Trinajstić information content (AvgIpc) is 3.86. The zero-order valence-electron chi connectivity index (χ0n) is 38.0. The van der Waals surface area contributed by atoms with Crippen LogP contribution < -0.4 is 0 Å². The molecule has 0 radical (unpaired) electrons. The van der Waals surface area contributed by atoms with Gasteiger partial charge >= 0.3 is 401 Å². The third kappa shape index (κ3) is 11.6. The van der Waals surface area contributed by atoms with Crippen LogP contribution in [0.25, 0.3) is 42.0 Å². The molecule has 6 aromatic heterocycles. The van der Waals surface area contributed by atoms with Gasteiger partial charge in [0.05, 0.1) is 0 Å². The number of hydrogen-bond donors (Lipinski definition) is 0. The van der Waals surface area contributed by atoms with Crippen LogP contribution in [0.5, 0.6) is 0 Å². The first kappa shape index (κ1) is 51.1. The average molecular weight is 1150 g/mol. The summed E-state index contributed by atoms with van der Waals surface area (Å²) < 4.78 is 26.0. The van der Waals surface area contributed by atoms with Gasteiger partial charge < -0.3 is 0 Å². The summed E-state index contributed by atoms with van der Waals surface area (Å²) >= 11 is 13.8. The Balaban J connectivity index is 0.000000228. The molecule has 0 amide bonds. The predicted octanol–water partition coefficient (Wildman–Crippen LogP) is 13.9. The van der Waals surface area contributed by atoms with Crippen LogP contribution in [0.2, 0.25) is 0 Å². The number of nitrogens with zero attached hydrogens (tertiary/aromatic N) is 8. The van der Waals surface area contributed by atoms with Crippen molar-refractivity contribution >= 4 is 137 Å². The third-order valence-corrected chi connectivity index (χ3v) is 21.1. The first-order valence-electron chi connectivity index (χ1n) is 23.4. The second kappa shape index (κ2) is 25.7. The Hall–Kier alpha value is 0.118. The maximum atomic E-state index is 3.44. The molecule has 6 aromatic rings. The van der Waals surface area contributed by atoms with Gasteiger partial charge in [-0.3, -0.25) is 0 Å². The van der Waals surface area contributed by atoms with Gasteiger partial charge in [-0.2, -0.15) is 0 Å². The Kier molecular flexibility index (Phi) is 21.9. The minimum atomic E-state index is 1.12. The maximum absolute atomic E-state index is 3.44. The Morgan fingerprint density at radius 2 is 0.367 bits per heavy atom. The van der Waals surface area contributed by atoms with Crippen molar-refractivity contribution in [3.63, 3.8) is 0 Å². The van der Waals surface area contributed by atoms with Gasteiger partial charge in [0.2, 0.25) is 0 Å². The van der Waals surface area contributed by atoms with Gasteiger partial charge in [0.1, 0.15) is 0 Å². The predicted molar refractivity (Wildman–Crippen MR) is 272 cm³/mol. The topological polar surface area (TPSA) is 39.4 Å². The van der Waals surface area contributed by atoms with Crippen LogP contribution in [0.3, 0.4) is 0 Å². The Labute approximate surface area is 398 Å². The van der Waals surface area contributed by atoms with Gasteiger partial charge in [0, 0.05) is 0 Å². The summed E-state index contributed by atoms with van der Waals surface area (Å²) in [4.78, 5) is 0. The summed E-state index contributed by atoms with van der Waals surface area (Å²) in [5.74, 6) is 0. The van der Waals surface area contributed by atoms with Crippen molar-refractivity contribution in [3.05, 3.63) is 17.3 Å². The van der Waals surface area contributed by atoms with Crippen molar-refractivity contribution in [2.45, 2.75) is 210 Å². The van der Waals surface area contributed by atoms with Crippen molar-refractivity contribution in [2.24, 2.45) is 0 Å². The molecule has 0 bridgehead atoms. The van der Waals surface area contributed by atoms with Crippen molar-refractivity contribution in [1.29, 1.82) is 0 Å². The molecule has 0 fully saturated rings. The van der Waals surface area contributed by atoms with E-state index >= 15 is 0 Å². The van der Waals surface area contributed by atoms with Crippen LogP contribution in [0.4, 0.5) is 0 Å². The van der Waals surface area contributed by atoms with Crippen LogP contribution in [0, 0.1) is 17.3 Å². The molecule has 0 saturated carbocycles. The van der Waals surface area contributed by atoms with Crippen LogP contribution in [-0.4, -0.2) is 98.8 Å². The summed E-state index contributed by atoms with van der Waals surface area (Å²) in [7, 11) is 5.51. The van der Waals surface area contributed by atoms with Crippen LogP contribution in [0.1, 0.15) is 158 Å². The Morgan fingerprint density at radius 3 is 0.467 bits per heavy atom.